The fraction of sp³-hybridized carbons (Fsp3) is 0.412. The SMILES string of the molecule is NC(=O)C1CCN(C(=O)c2cn(CC(O)c3ccccc3)nn2)CC1. The van der Waals surface area contributed by atoms with E-state index in [1.54, 1.807) is 4.90 Å². The van der Waals surface area contributed by atoms with E-state index in [4.69, 9.17) is 5.73 Å². The quantitative estimate of drug-likeness (QED) is 0.813. The third-order valence-corrected chi connectivity index (χ3v) is 4.49. The predicted octanol–water partition coefficient (Wildman–Crippen LogP) is 0.349. The van der Waals surface area contributed by atoms with Gasteiger partial charge in [-0.3, -0.25) is 9.59 Å². The molecule has 2 aromatic rings. The first kappa shape index (κ1) is 17.1. The highest BCUT2D eigenvalue weighted by Crippen LogP contribution is 2.18. The molecule has 1 aliphatic heterocycles. The minimum absolute atomic E-state index is 0.166. The van der Waals surface area contributed by atoms with Crippen LogP contribution in [0.2, 0.25) is 0 Å². The van der Waals surface area contributed by atoms with Gasteiger partial charge in [0, 0.05) is 19.0 Å². The highest BCUT2D eigenvalue weighted by molar-refractivity contribution is 5.92. The Labute approximate surface area is 145 Å². The number of aromatic nitrogens is 3. The Balaban J connectivity index is 1.59. The summed E-state index contributed by atoms with van der Waals surface area (Å²) in [5.74, 6) is -0.697. The van der Waals surface area contributed by atoms with Gasteiger partial charge in [-0.15, -0.1) is 5.10 Å². The van der Waals surface area contributed by atoms with Gasteiger partial charge in [0.25, 0.3) is 5.91 Å². The van der Waals surface area contributed by atoms with Crippen molar-refractivity contribution in [1.29, 1.82) is 0 Å². The second kappa shape index (κ2) is 7.43. The number of hydrogen-bond acceptors (Lipinski definition) is 5. The van der Waals surface area contributed by atoms with Gasteiger partial charge in [0.05, 0.1) is 18.8 Å². The van der Waals surface area contributed by atoms with Gasteiger partial charge < -0.3 is 15.7 Å². The molecular formula is C17H21N5O3. The van der Waals surface area contributed by atoms with E-state index in [0.717, 1.165) is 5.56 Å². The van der Waals surface area contributed by atoms with Crippen LogP contribution in [0.4, 0.5) is 0 Å². The summed E-state index contributed by atoms with van der Waals surface area (Å²) >= 11 is 0. The lowest BCUT2D eigenvalue weighted by atomic mass is 9.96. The summed E-state index contributed by atoms with van der Waals surface area (Å²) in [5, 5.41) is 18.1. The number of hydrogen-bond donors (Lipinski definition) is 2. The first-order chi connectivity index (χ1) is 12.0. The van der Waals surface area contributed by atoms with Gasteiger partial charge in [0.2, 0.25) is 5.91 Å². The van der Waals surface area contributed by atoms with Crippen LogP contribution >= 0.6 is 0 Å². The van der Waals surface area contributed by atoms with Crippen molar-refractivity contribution < 1.29 is 14.7 Å². The standard InChI is InChI=1S/C17H21N5O3/c18-16(24)13-6-8-21(9-7-13)17(25)14-10-22(20-19-14)11-15(23)12-4-2-1-3-5-12/h1-5,10,13,15,23H,6-9,11H2,(H2,18,24). The van der Waals surface area contributed by atoms with Gasteiger partial charge in [0.15, 0.2) is 5.69 Å². The van der Waals surface area contributed by atoms with Crippen LogP contribution in [0.5, 0.6) is 0 Å². The molecule has 2 amide bonds. The van der Waals surface area contributed by atoms with Crippen LogP contribution in [-0.2, 0) is 11.3 Å². The van der Waals surface area contributed by atoms with Crippen molar-refractivity contribution in [3.05, 3.63) is 47.8 Å². The Kier molecular flexibility index (Phi) is 5.08. The molecule has 3 rings (SSSR count). The van der Waals surface area contributed by atoms with E-state index in [2.05, 4.69) is 10.3 Å². The highest BCUT2D eigenvalue weighted by atomic mass is 16.3. The third-order valence-electron chi connectivity index (χ3n) is 4.49. The molecule has 0 bridgehead atoms. The number of nitrogens with two attached hydrogens (primary N) is 1. The summed E-state index contributed by atoms with van der Waals surface area (Å²) in [5.41, 5.74) is 6.32. The van der Waals surface area contributed by atoms with Crippen molar-refractivity contribution >= 4 is 11.8 Å². The fourth-order valence-corrected chi connectivity index (χ4v) is 2.97. The minimum Gasteiger partial charge on any atom is -0.386 e. The van der Waals surface area contributed by atoms with E-state index in [1.807, 2.05) is 30.3 Å². The van der Waals surface area contributed by atoms with Crippen LogP contribution < -0.4 is 5.73 Å². The van der Waals surface area contributed by atoms with Crippen molar-refractivity contribution in [2.24, 2.45) is 11.7 Å². The lowest BCUT2D eigenvalue weighted by Gasteiger charge is -2.29. The molecule has 1 fully saturated rings. The normalized spacial score (nSPS) is 16.6. The predicted molar refractivity (Wildman–Crippen MR) is 89.2 cm³/mol. The number of piperidine rings is 1. The summed E-state index contributed by atoms with van der Waals surface area (Å²) in [4.78, 5) is 25.3. The van der Waals surface area contributed by atoms with Crippen molar-refractivity contribution in [2.45, 2.75) is 25.5 Å². The first-order valence-electron chi connectivity index (χ1n) is 8.26. The average Bonchev–Trinajstić information content (AvgIpc) is 3.10. The molecule has 1 aromatic heterocycles. The average molecular weight is 343 g/mol. The lowest BCUT2D eigenvalue weighted by Crippen LogP contribution is -2.41. The Morgan fingerprint density at radius 1 is 1.24 bits per heavy atom. The summed E-state index contributed by atoms with van der Waals surface area (Å²) in [6.07, 6.45) is 1.95. The molecule has 132 valence electrons. The first-order valence-corrected chi connectivity index (χ1v) is 8.26. The number of likely N-dealkylation sites (tertiary alicyclic amines) is 1. The van der Waals surface area contributed by atoms with Crippen LogP contribution in [0.3, 0.4) is 0 Å². The second-order valence-electron chi connectivity index (χ2n) is 6.22. The number of nitrogens with zero attached hydrogens (tertiary/aromatic N) is 4. The van der Waals surface area contributed by atoms with E-state index < -0.39 is 6.10 Å². The van der Waals surface area contributed by atoms with Gasteiger partial charge in [-0.2, -0.15) is 0 Å². The zero-order chi connectivity index (χ0) is 17.8. The molecular weight excluding hydrogens is 322 g/mol. The molecule has 25 heavy (non-hydrogen) atoms. The zero-order valence-corrected chi connectivity index (χ0v) is 13.8. The largest absolute Gasteiger partial charge is 0.386 e. The molecule has 8 heteroatoms. The van der Waals surface area contributed by atoms with Gasteiger partial charge in [-0.1, -0.05) is 35.5 Å². The van der Waals surface area contributed by atoms with E-state index >= 15 is 0 Å². The van der Waals surface area contributed by atoms with Crippen LogP contribution in [-0.4, -0.2) is 49.9 Å². The van der Waals surface area contributed by atoms with Crippen molar-refractivity contribution in [1.82, 2.24) is 19.9 Å². The number of rotatable bonds is 5. The molecule has 0 spiro atoms. The van der Waals surface area contributed by atoms with Gasteiger partial charge in [-0.25, -0.2) is 4.68 Å². The summed E-state index contributed by atoms with van der Waals surface area (Å²) in [6.45, 7) is 1.17. The van der Waals surface area contributed by atoms with Crippen molar-refractivity contribution in [2.75, 3.05) is 13.1 Å². The Morgan fingerprint density at radius 2 is 1.92 bits per heavy atom. The number of aliphatic hydroxyl groups excluding tert-OH is 1. The van der Waals surface area contributed by atoms with E-state index in [-0.39, 0.29) is 30.0 Å². The van der Waals surface area contributed by atoms with Crippen LogP contribution in [0.25, 0.3) is 0 Å². The number of aliphatic hydroxyl groups is 1. The molecule has 1 aromatic carbocycles. The van der Waals surface area contributed by atoms with E-state index in [1.165, 1.54) is 10.9 Å². The van der Waals surface area contributed by atoms with Gasteiger partial charge in [0.1, 0.15) is 0 Å². The van der Waals surface area contributed by atoms with Gasteiger partial charge in [-0.05, 0) is 18.4 Å². The molecule has 3 N–H and O–H groups in total. The smallest absolute Gasteiger partial charge is 0.276 e. The summed E-state index contributed by atoms with van der Waals surface area (Å²) < 4.78 is 1.46. The topological polar surface area (TPSA) is 114 Å². The van der Waals surface area contributed by atoms with Crippen LogP contribution in [0, 0.1) is 5.92 Å². The molecule has 8 nitrogen and oxygen atoms in total. The highest BCUT2D eigenvalue weighted by Gasteiger charge is 2.27. The maximum absolute atomic E-state index is 12.5. The Morgan fingerprint density at radius 3 is 2.56 bits per heavy atom. The lowest BCUT2D eigenvalue weighted by molar-refractivity contribution is -0.123. The Hall–Kier alpha value is -2.74. The maximum atomic E-state index is 12.5. The minimum atomic E-state index is -0.725. The number of amides is 2. The third kappa shape index (κ3) is 4.03. The summed E-state index contributed by atoms with van der Waals surface area (Å²) in [6, 6.07) is 9.24. The molecule has 1 saturated heterocycles. The summed E-state index contributed by atoms with van der Waals surface area (Å²) in [7, 11) is 0. The van der Waals surface area contributed by atoms with Crippen LogP contribution in [0.15, 0.2) is 36.5 Å². The number of carbonyl (C=O) groups excluding carboxylic acids is 2. The Bertz CT molecular complexity index is 738. The number of primary amides is 1. The molecule has 0 radical (unpaired) electrons. The molecule has 1 unspecified atom stereocenters. The van der Waals surface area contributed by atoms with Crippen LogP contribution in [0.1, 0.15) is 35.0 Å². The zero-order valence-electron chi connectivity index (χ0n) is 13.8. The molecule has 0 saturated carbocycles. The monoisotopic (exact) mass is 343 g/mol. The van der Waals surface area contributed by atoms with E-state index in [9.17, 15) is 14.7 Å². The van der Waals surface area contributed by atoms with E-state index in [0.29, 0.717) is 25.9 Å². The van der Waals surface area contributed by atoms with Crippen molar-refractivity contribution in [3.8, 4) is 0 Å². The maximum Gasteiger partial charge on any atom is 0.276 e. The molecule has 2 heterocycles. The van der Waals surface area contributed by atoms with Gasteiger partial charge >= 0.3 is 0 Å². The fourth-order valence-electron chi connectivity index (χ4n) is 2.97. The number of carbonyl (C=O) groups is 2. The molecule has 0 aliphatic carbocycles. The molecule has 1 atom stereocenters. The number of benzene rings is 1. The van der Waals surface area contributed by atoms with Crippen molar-refractivity contribution in [3.63, 3.8) is 0 Å². The molecule has 1 aliphatic rings. The second-order valence-corrected chi connectivity index (χ2v) is 6.22.